The topological polar surface area (TPSA) is 42.0 Å². The van der Waals surface area contributed by atoms with Crippen LogP contribution in [0.4, 0.5) is 5.69 Å². The average Bonchev–Trinajstić information content (AvgIpc) is 2.67. The molecule has 1 aliphatic carbocycles. The predicted octanol–water partition coefficient (Wildman–Crippen LogP) is 5.56. The summed E-state index contributed by atoms with van der Waals surface area (Å²) in [5.41, 5.74) is 6.38. The maximum Gasteiger partial charge on any atom is 0.161 e. The fourth-order valence-electron chi connectivity index (χ4n) is 4.22. The number of nitrogens with zero attached hydrogens (tertiary/aromatic N) is 1. The summed E-state index contributed by atoms with van der Waals surface area (Å²) in [6, 6.07) is 16.6. The third kappa shape index (κ3) is 2.40. The lowest BCUT2D eigenvalue weighted by atomic mass is 9.74. The van der Waals surface area contributed by atoms with E-state index in [1.807, 2.05) is 24.4 Å². The van der Waals surface area contributed by atoms with Gasteiger partial charge in [0.2, 0.25) is 0 Å². The zero-order valence-corrected chi connectivity index (χ0v) is 15.7. The van der Waals surface area contributed by atoms with Crippen LogP contribution in [-0.2, 0) is 4.79 Å². The van der Waals surface area contributed by atoms with E-state index in [9.17, 15) is 4.79 Å². The third-order valence-electron chi connectivity index (χ3n) is 5.35. The number of pyridine rings is 1. The Labute approximate surface area is 160 Å². The maximum absolute atomic E-state index is 12.9. The van der Waals surface area contributed by atoms with Crippen LogP contribution in [0.2, 0.25) is 0 Å². The van der Waals surface area contributed by atoms with Crippen molar-refractivity contribution in [2.75, 3.05) is 5.32 Å². The molecule has 4 heteroatoms. The number of carbonyl (C=O) groups is 1. The van der Waals surface area contributed by atoms with Gasteiger partial charge in [0.15, 0.2) is 5.78 Å². The van der Waals surface area contributed by atoms with E-state index in [1.165, 1.54) is 0 Å². The third-order valence-corrected chi connectivity index (χ3v) is 5.88. The van der Waals surface area contributed by atoms with Gasteiger partial charge >= 0.3 is 0 Å². The highest BCUT2D eigenvalue weighted by Gasteiger charge is 2.36. The van der Waals surface area contributed by atoms with E-state index in [-0.39, 0.29) is 11.7 Å². The molecule has 0 unspecified atom stereocenters. The molecule has 3 aromatic rings. The molecule has 5 rings (SSSR count). The quantitative estimate of drug-likeness (QED) is 0.576. The number of aromatic nitrogens is 1. The SMILES string of the molecule is O=C1CCCC2=C1[C@H](c1ccc(Br)cc1)c1c(ccc3ncccc13)N2. The van der Waals surface area contributed by atoms with Crippen LogP contribution in [0.5, 0.6) is 0 Å². The number of carbonyl (C=O) groups excluding carboxylic acids is 1. The zero-order chi connectivity index (χ0) is 17.7. The number of benzene rings is 2. The standard InChI is InChI=1S/C22H17BrN2O/c23-14-8-6-13(7-9-14)20-21-15-3-2-12-24-16(15)10-11-18(21)25-17-4-1-5-19(26)22(17)20/h2-3,6-12,20,25H,1,4-5H2/t20-/m1/s1. The van der Waals surface area contributed by atoms with Crippen LogP contribution in [-0.4, -0.2) is 10.8 Å². The summed E-state index contributed by atoms with van der Waals surface area (Å²) < 4.78 is 1.04. The van der Waals surface area contributed by atoms with Gasteiger partial charge in [-0.15, -0.1) is 0 Å². The molecular formula is C22H17BrN2O. The number of nitrogens with one attached hydrogen (secondary N) is 1. The Morgan fingerprint density at radius 3 is 2.73 bits per heavy atom. The number of hydrogen-bond acceptors (Lipinski definition) is 3. The fraction of sp³-hybridized carbons (Fsp3) is 0.182. The summed E-state index contributed by atoms with van der Waals surface area (Å²) in [6.45, 7) is 0. The first-order valence-corrected chi connectivity index (χ1v) is 9.68. The second-order valence-electron chi connectivity index (χ2n) is 6.88. The minimum atomic E-state index is -0.0463. The van der Waals surface area contributed by atoms with Crippen molar-refractivity contribution in [3.8, 4) is 0 Å². The molecule has 2 heterocycles. The maximum atomic E-state index is 12.9. The zero-order valence-electron chi connectivity index (χ0n) is 14.1. The number of halogens is 1. The van der Waals surface area contributed by atoms with Crippen molar-refractivity contribution < 1.29 is 4.79 Å². The molecule has 0 bridgehead atoms. The van der Waals surface area contributed by atoms with Crippen molar-refractivity contribution in [1.82, 2.24) is 4.98 Å². The Kier molecular flexibility index (Phi) is 3.68. The second-order valence-corrected chi connectivity index (χ2v) is 7.79. The lowest BCUT2D eigenvalue weighted by Crippen LogP contribution is -2.27. The molecule has 1 atom stereocenters. The molecule has 0 spiro atoms. The van der Waals surface area contributed by atoms with Crippen LogP contribution in [0.1, 0.15) is 36.3 Å². The number of Topliss-reactive ketones (excluding diaryl/α,β-unsaturated/α-hetero) is 1. The molecule has 1 aliphatic heterocycles. The minimum absolute atomic E-state index is 0.0463. The van der Waals surface area contributed by atoms with Gasteiger partial charge in [0, 0.05) is 45.4 Å². The normalized spacial score (nSPS) is 19.1. The van der Waals surface area contributed by atoms with Crippen molar-refractivity contribution in [3.63, 3.8) is 0 Å². The molecule has 0 radical (unpaired) electrons. The van der Waals surface area contributed by atoms with E-state index >= 15 is 0 Å². The van der Waals surface area contributed by atoms with Crippen molar-refractivity contribution in [2.45, 2.75) is 25.2 Å². The highest BCUT2D eigenvalue weighted by atomic mass is 79.9. The predicted molar refractivity (Wildman–Crippen MR) is 107 cm³/mol. The first-order valence-electron chi connectivity index (χ1n) is 8.89. The van der Waals surface area contributed by atoms with Gasteiger partial charge in [0.25, 0.3) is 0 Å². The average molecular weight is 405 g/mol. The van der Waals surface area contributed by atoms with E-state index in [0.717, 1.165) is 56.3 Å². The van der Waals surface area contributed by atoms with Crippen LogP contribution < -0.4 is 5.32 Å². The van der Waals surface area contributed by atoms with Gasteiger partial charge in [0.1, 0.15) is 0 Å². The number of hydrogen-bond donors (Lipinski definition) is 1. The van der Waals surface area contributed by atoms with Crippen molar-refractivity contribution in [2.24, 2.45) is 0 Å². The number of anilines is 1. The van der Waals surface area contributed by atoms with Gasteiger partial charge in [-0.05, 0) is 54.3 Å². The Morgan fingerprint density at radius 1 is 1.04 bits per heavy atom. The van der Waals surface area contributed by atoms with Gasteiger partial charge in [-0.1, -0.05) is 34.1 Å². The van der Waals surface area contributed by atoms with Gasteiger partial charge in [0.05, 0.1) is 5.52 Å². The van der Waals surface area contributed by atoms with Gasteiger partial charge in [-0.3, -0.25) is 9.78 Å². The monoisotopic (exact) mass is 404 g/mol. The van der Waals surface area contributed by atoms with Gasteiger partial charge < -0.3 is 5.32 Å². The molecule has 3 nitrogen and oxygen atoms in total. The Bertz CT molecular complexity index is 1070. The van der Waals surface area contributed by atoms with Gasteiger partial charge in [-0.25, -0.2) is 0 Å². The summed E-state index contributed by atoms with van der Waals surface area (Å²) in [5, 5.41) is 4.66. The van der Waals surface area contributed by atoms with Crippen LogP contribution in [0, 0.1) is 0 Å². The summed E-state index contributed by atoms with van der Waals surface area (Å²) >= 11 is 3.52. The van der Waals surface area contributed by atoms with E-state index in [4.69, 9.17) is 0 Å². The van der Waals surface area contributed by atoms with Crippen molar-refractivity contribution in [1.29, 1.82) is 0 Å². The number of fused-ring (bicyclic) bond motifs is 3. The highest BCUT2D eigenvalue weighted by Crippen LogP contribution is 2.47. The van der Waals surface area contributed by atoms with E-state index in [0.29, 0.717) is 6.42 Å². The van der Waals surface area contributed by atoms with Gasteiger partial charge in [-0.2, -0.15) is 0 Å². The van der Waals surface area contributed by atoms with Crippen molar-refractivity contribution >= 4 is 38.3 Å². The summed E-state index contributed by atoms with van der Waals surface area (Å²) in [6.07, 6.45) is 4.29. The first kappa shape index (κ1) is 15.8. The summed E-state index contributed by atoms with van der Waals surface area (Å²) in [7, 11) is 0. The largest absolute Gasteiger partial charge is 0.358 e. The summed E-state index contributed by atoms with van der Waals surface area (Å²) in [5.74, 6) is 0.216. The number of ketones is 1. The fourth-order valence-corrected chi connectivity index (χ4v) is 4.48. The Morgan fingerprint density at radius 2 is 1.88 bits per heavy atom. The molecule has 26 heavy (non-hydrogen) atoms. The molecule has 0 saturated carbocycles. The molecule has 1 aromatic heterocycles. The molecule has 1 N–H and O–H groups in total. The van der Waals surface area contributed by atoms with E-state index in [1.54, 1.807) is 0 Å². The van der Waals surface area contributed by atoms with Crippen molar-refractivity contribution in [3.05, 3.63) is 81.6 Å². The van der Waals surface area contributed by atoms with Crippen LogP contribution in [0.3, 0.4) is 0 Å². The van der Waals surface area contributed by atoms with Crippen LogP contribution in [0.25, 0.3) is 10.9 Å². The smallest absolute Gasteiger partial charge is 0.161 e. The lowest BCUT2D eigenvalue weighted by molar-refractivity contribution is -0.116. The summed E-state index contributed by atoms with van der Waals surface area (Å²) in [4.78, 5) is 17.4. The molecule has 2 aromatic carbocycles. The molecule has 128 valence electrons. The number of allylic oxidation sites excluding steroid dienone is 2. The highest BCUT2D eigenvalue weighted by molar-refractivity contribution is 9.10. The van der Waals surface area contributed by atoms with E-state index < -0.39 is 0 Å². The Hall–Kier alpha value is -2.46. The lowest BCUT2D eigenvalue weighted by Gasteiger charge is -2.34. The minimum Gasteiger partial charge on any atom is -0.358 e. The molecule has 0 fully saturated rings. The molecule has 0 amide bonds. The van der Waals surface area contributed by atoms with Crippen LogP contribution in [0.15, 0.2) is 70.5 Å². The molecule has 0 saturated heterocycles. The van der Waals surface area contributed by atoms with Crippen LogP contribution >= 0.6 is 15.9 Å². The molecular weight excluding hydrogens is 388 g/mol. The first-order chi connectivity index (χ1) is 12.7. The second kappa shape index (κ2) is 6.06. The number of rotatable bonds is 1. The molecule has 2 aliphatic rings. The van der Waals surface area contributed by atoms with E-state index in [2.05, 4.69) is 56.6 Å². The Balaban J connectivity index is 1.83.